The normalized spacial score (nSPS) is 31.0. The topological polar surface area (TPSA) is 68.2 Å². The minimum Gasteiger partial charge on any atom is -0.338 e. The number of amides is 2. The molecule has 1 aliphatic carbocycles. The molecule has 4 heterocycles. The van der Waals surface area contributed by atoms with Crippen molar-refractivity contribution in [3.05, 3.63) is 68.2 Å². The molecule has 0 bridgehead atoms. The Morgan fingerprint density at radius 3 is 2.40 bits per heavy atom. The highest BCUT2D eigenvalue weighted by Gasteiger charge is 2.50. The number of aliphatic imine (C=N–C) groups is 1. The largest absolute Gasteiger partial charge is 0.338 e. The molecule has 2 saturated heterocycles. The molecule has 2 unspecified atom stereocenters. The van der Waals surface area contributed by atoms with Crippen LogP contribution < -0.4 is 5.32 Å². The number of likely N-dealkylation sites (tertiary alicyclic amines) is 1. The van der Waals surface area contributed by atoms with Crippen LogP contribution in [0, 0.1) is 11.8 Å². The first-order chi connectivity index (χ1) is 20.5. The van der Waals surface area contributed by atoms with Crippen LogP contribution in [0.2, 0.25) is 5.02 Å². The van der Waals surface area contributed by atoms with E-state index in [9.17, 15) is 9.59 Å². The number of carbonyl (C=O) groups excluding carboxylic acids is 2. The molecule has 2 amide bonds. The maximum atomic E-state index is 14.4. The lowest BCUT2D eigenvalue weighted by molar-refractivity contribution is -0.143. The molecule has 5 aliphatic rings. The standard InChI is InChI=1S/C33H41Cl2N5O2S/c1-18(2)28-30(32(42)39-14-6-7-26(39)31(41)38-16-20(4)36-21(5)17-38)43-33-37-27(22-8-10-23(34)11-9-22)29(40(28)33)25-13-12-24(35)15-19(25)3/h8-13,18-21,26-27,29,36H,6-7,14-17H2,1-5H3/t19?,20-,21?,26-,27-,29+/m0/s1. The maximum absolute atomic E-state index is 14.4. The second kappa shape index (κ2) is 12.3. The van der Waals surface area contributed by atoms with Gasteiger partial charge in [-0.1, -0.05) is 62.2 Å². The summed E-state index contributed by atoms with van der Waals surface area (Å²) in [5.41, 5.74) is 3.34. The average molecular weight is 643 g/mol. The quantitative estimate of drug-likeness (QED) is 0.407. The molecule has 230 valence electrons. The zero-order valence-corrected chi connectivity index (χ0v) is 27.8. The first-order valence-corrected chi connectivity index (χ1v) is 17.1. The van der Waals surface area contributed by atoms with Gasteiger partial charge in [-0.3, -0.25) is 14.6 Å². The van der Waals surface area contributed by atoms with Gasteiger partial charge in [-0.25, -0.2) is 0 Å². The van der Waals surface area contributed by atoms with Crippen LogP contribution >= 0.6 is 35.0 Å². The summed E-state index contributed by atoms with van der Waals surface area (Å²) in [7, 11) is 0. The number of thioether (sulfide) groups is 1. The van der Waals surface area contributed by atoms with Crippen molar-refractivity contribution in [3.8, 4) is 0 Å². The van der Waals surface area contributed by atoms with Crippen molar-refractivity contribution in [1.29, 1.82) is 0 Å². The number of benzene rings is 1. The van der Waals surface area contributed by atoms with E-state index >= 15 is 0 Å². The summed E-state index contributed by atoms with van der Waals surface area (Å²) in [4.78, 5) is 40.3. The summed E-state index contributed by atoms with van der Waals surface area (Å²) in [6.07, 6.45) is 6.46. The summed E-state index contributed by atoms with van der Waals surface area (Å²) in [5.74, 6) is 0.336. The number of rotatable bonds is 5. The van der Waals surface area contributed by atoms with E-state index in [4.69, 9.17) is 28.2 Å². The smallest absolute Gasteiger partial charge is 0.263 e. The third-order valence-electron chi connectivity index (χ3n) is 9.21. The highest BCUT2D eigenvalue weighted by atomic mass is 35.5. The van der Waals surface area contributed by atoms with Crippen LogP contribution in [0.5, 0.6) is 0 Å². The van der Waals surface area contributed by atoms with Crippen LogP contribution in [0.4, 0.5) is 0 Å². The molecule has 1 aromatic rings. The lowest BCUT2D eigenvalue weighted by Gasteiger charge is -2.39. The SMILES string of the molecule is CC1CN(C(=O)[C@@H]2CCCN2C(=O)C2=C(C(C)C)N3C(=N[C@@H](c4ccc(Cl)cc4)[C@H]3C3=CC=C(Cl)CC3C)S2)C[C@H](C)N1. The number of carbonyl (C=O) groups is 2. The van der Waals surface area contributed by atoms with Gasteiger partial charge in [-0.15, -0.1) is 0 Å². The van der Waals surface area contributed by atoms with Gasteiger partial charge in [0.15, 0.2) is 5.17 Å². The molecule has 0 spiro atoms. The van der Waals surface area contributed by atoms with E-state index in [0.717, 1.165) is 34.3 Å². The lowest BCUT2D eigenvalue weighted by Crippen LogP contribution is -2.59. The van der Waals surface area contributed by atoms with E-state index in [-0.39, 0.29) is 47.8 Å². The van der Waals surface area contributed by atoms with E-state index in [1.54, 1.807) is 0 Å². The fourth-order valence-electron chi connectivity index (χ4n) is 7.37. The number of hydrogen-bond donors (Lipinski definition) is 1. The van der Waals surface area contributed by atoms with Gasteiger partial charge in [0.25, 0.3) is 5.91 Å². The predicted molar refractivity (Wildman–Crippen MR) is 176 cm³/mol. The van der Waals surface area contributed by atoms with Crippen LogP contribution in [0.3, 0.4) is 0 Å². The van der Waals surface area contributed by atoms with Gasteiger partial charge in [0.1, 0.15) is 17.0 Å². The Morgan fingerprint density at radius 1 is 1.05 bits per heavy atom. The summed E-state index contributed by atoms with van der Waals surface area (Å²) in [6.45, 7) is 12.6. The van der Waals surface area contributed by atoms with Gasteiger partial charge in [-0.2, -0.15) is 0 Å². The van der Waals surface area contributed by atoms with E-state index in [2.05, 4.69) is 63.0 Å². The van der Waals surface area contributed by atoms with Crippen molar-refractivity contribution >= 4 is 51.9 Å². The lowest BCUT2D eigenvalue weighted by atomic mass is 9.82. The second-order valence-corrected chi connectivity index (χ2v) is 14.8. The zero-order chi connectivity index (χ0) is 30.6. The molecule has 1 aromatic carbocycles. The van der Waals surface area contributed by atoms with Crippen molar-refractivity contribution in [2.45, 2.75) is 84.1 Å². The molecular formula is C33H41Cl2N5O2S. The molecule has 1 N–H and O–H groups in total. The predicted octanol–water partition coefficient (Wildman–Crippen LogP) is 6.32. The number of nitrogens with one attached hydrogen (secondary N) is 1. The van der Waals surface area contributed by atoms with Crippen LogP contribution in [0.25, 0.3) is 0 Å². The highest BCUT2D eigenvalue weighted by Crippen LogP contribution is 2.51. The second-order valence-electron chi connectivity index (χ2n) is 12.9. The van der Waals surface area contributed by atoms with E-state index < -0.39 is 6.04 Å². The molecule has 0 saturated carbocycles. The summed E-state index contributed by atoms with van der Waals surface area (Å²) < 4.78 is 0. The average Bonchev–Trinajstić information content (AvgIpc) is 3.66. The summed E-state index contributed by atoms with van der Waals surface area (Å²) in [5, 5.41) is 5.89. The molecule has 6 rings (SSSR count). The van der Waals surface area contributed by atoms with Crippen molar-refractivity contribution in [3.63, 3.8) is 0 Å². The Kier molecular flexibility index (Phi) is 8.77. The molecule has 6 atom stereocenters. The fraction of sp³-hybridized carbons (Fsp3) is 0.545. The number of halogens is 2. The fourth-order valence-corrected chi connectivity index (χ4v) is 9.09. The molecule has 0 radical (unpaired) electrons. The van der Waals surface area contributed by atoms with Gasteiger partial charge in [0, 0.05) is 47.5 Å². The van der Waals surface area contributed by atoms with Gasteiger partial charge >= 0.3 is 0 Å². The van der Waals surface area contributed by atoms with Crippen LogP contribution in [0.15, 0.2) is 62.6 Å². The summed E-state index contributed by atoms with van der Waals surface area (Å²) in [6, 6.07) is 7.76. The minimum absolute atomic E-state index is 0.0479. The molecule has 10 heteroatoms. The van der Waals surface area contributed by atoms with Gasteiger partial charge in [0.2, 0.25) is 5.91 Å². The third-order valence-corrected chi connectivity index (χ3v) is 10.8. The van der Waals surface area contributed by atoms with Gasteiger partial charge in [-0.05, 0) is 86.1 Å². The van der Waals surface area contributed by atoms with Gasteiger partial charge < -0.3 is 20.0 Å². The Morgan fingerprint density at radius 2 is 1.74 bits per heavy atom. The molecule has 0 aromatic heterocycles. The Balaban J connectivity index is 1.35. The van der Waals surface area contributed by atoms with E-state index in [1.807, 2.05) is 28.0 Å². The molecule has 7 nitrogen and oxygen atoms in total. The summed E-state index contributed by atoms with van der Waals surface area (Å²) >= 11 is 14.2. The Labute approximate surface area is 269 Å². The molecule has 43 heavy (non-hydrogen) atoms. The maximum Gasteiger partial charge on any atom is 0.263 e. The van der Waals surface area contributed by atoms with Crippen LogP contribution in [-0.4, -0.2) is 75.5 Å². The van der Waals surface area contributed by atoms with Crippen molar-refractivity contribution in [1.82, 2.24) is 20.0 Å². The number of amidine groups is 1. The number of hydrogen-bond acceptors (Lipinski definition) is 6. The highest BCUT2D eigenvalue weighted by molar-refractivity contribution is 8.18. The minimum atomic E-state index is -0.421. The van der Waals surface area contributed by atoms with Crippen molar-refractivity contribution in [2.24, 2.45) is 16.8 Å². The zero-order valence-electron chi connectivity index (χ0n) is 25.5. The third kappa shape index (κ3) is 5.81. The number of piperazine rings is 1. The van der Waals surface area contributed by atoms with E-state index in [0.29, 0.717) is 36.0 Å². The molecular weight excluding hydrogens is 601 g/mol. The number of allylic oxidation sites excluding steroid dienone is 4. The first-order valence-electron chi connectivity index (χ1n) is 15.5. The number of fused-ring (bicyclic) bond motifs is 1. The molecule has 4 aliphatic heterocycles. The first kappa shape index (κ1) is 30.8. The number of nitrogens with zero attached hydrogens (tertiary/aromatic N) is 4. The van der Waals surface area contributed by atoms with Crippen molar-refractivity contribution in [2.75, 3.05) is 19.6 Å². The van der Waals surface area contributed by atoms with Crippen LogP contribution in [-0.2, 0) is 9.59 Å². The Bertz CT molecular complexity index is 1410. The molecule has 2 fully saturated rings. The van der Waals surface area contributed by atoms with Crippen molar-refractivity contribution < 1.29 is 9.59 Å². The van der Waals surface area contributed by atoms with Crippen LogP contribution in [0.1, 0.15) is 65.5 Å². The monoisotopic (exact) mass is 641 g/mol. The Hall–Kier alpha value is -2.26. The van der Waals surface area contributed by atoms with E-state index in [1.165, 1.54) is 17.3 Å². The van der Waals surface area contributed by atoms with Gasteiger partial charge in [0.05, 0.1) is 6.04 Å².